The van der Waals surface area contributed by atoms with Crippen LogP contribution in [0, 0.1) is 0 Å². The number of carbonyl (C=O) groups is 3. The van der Waals surface area contributed by atoms with E-state index in [2.05, 4.69) is 16.2 Å². The SMILES string of the molecule is COc1ccc(CC(=O)NNC(=O)C(C)NC(N)=O)cc1. The molecule has 21 heavy (non-hydrogen) atoms. The number of nitrogens with one attached hydrogen (secondary N) is 3. The maximum absolute atomic E-state index is 11.6. The molecule has 1 aromatic carbocycles. The lowest BCUT2D eigenvalue weighted by Crippen LogP contribution is -2.52. The summed E-state index contributed by atoms with van der Waals surface area (Å²) in [6.07, 6.45) is 0.0991. The normalized spacial score (nSPS) is 11.1. The zero-order valence-electron chi connectivity index (χ0n) is 11.8. The topological polar surface area (TPSA) is 123 Å². The minimum Gasteiger partial charge on any atom is -0.497 e. The second-order valence-electron chi connectivity index (χ2n) is 4.29. The van der Waals surface area contributed by atoms with E-state index in [0.717, 1.165) is 5.56 Å². The fourth-order valence-corrected chi connectivity index (χ4v) is 1.49. The van der Waals surface area contributed by atoms with Crippen molar-refractivity contribution in [1.29, 1.82) is 0 Å². The van der Waals surface area contributed by atoms with Crippen LogP contribution in [-0.2, 0) is 16.0 Å². The predicted octanol–water partition coefficient (Wildman–Crippen LogP) is -0.558. The van der Waals surface area contributed by atoms with Crippen LogP contribution in [0.4, 0.5) is 4.79 Å². The fourth-order valence-electron chi connectivity index (χ4n) is 1.49. The van der Waals surface area contributed by atoms with E-state index in [4.69, 9.17) is 10.5 Å². The van der Waals surface area contributed by atoms with Crippen LogP contribution in [0.15, 0.2) is 24.3 Å². The number of urea groups is 1. The number of rotatable bonds is 5. The average Bonchev–Trinajstić information content (AvgIpc) is 2.44. The first-order chi connectivity index (χ1) is 9.92. The molecule has 8 nitrogen and oxygen atoms in total. The van der Waals surface area contributed by atoms with Crippen LogP contribution in [0.5, 0.6) is 5.75 Å². The summed E-state index contributed by atoms with van der Waals surface area (Å²) in [7, 11) is 1.55. The van der Waals surface area contributed by atoms with Crippen LogP contribution in [0.2, 0.25) is 0 Å². The number of primary amides is 1. The maximum Gasteiger partial charge on any atom is 0.312 e. The van der Waals surface area contributed by atoms with Crippen LogP contribution in [0.1, 0.15) is 12.5 Å². The van der Waals surface area contributed by atoms with E-state index < -0.39 is 18.0 Å². The van der Waals surface area contributed by atoms with E-state index in [1.54, 1.807) is 31.4 Å². The second kappa shape index (κ2) is 7.73. The van der Waals surface area contributed by atoms with Gasteiger partial charge >= 0.3 is 6.03 Å². The van der Waals surface area contributed by atoms with Crippen LogP contribution in [-0.4, -0.2) is 31.0 Å². The van der Waals surface area contributed by atoms with Crippen molar-refractivity contribution >= 4 is 17.8 Å². The van der Waals surface area contributed by atoms with Gasteiger partial charge in [-0.15, -0.1) is 0 Å². The van der Waals surface area contributed by atoms with E-state index in [-0.39, 0.29) is 12.3 Å². The van der Waals surface area contributed by atoms with Crippen molar-refractivity contribution in [1.82, 2.24) is 16.2 Å². The molecule has 1 aromatic rings. The van der Waals surface area contributed by atoms with Crippen molar-refractivity contribution in [3.8, 4) is 5.75 Å². The smallest absolute Gasteiger partial charge is 0.312 e. The number of hydrogen-bond acceptors (Lipinski definition) is 4. The highest BCUT2D eigenvalue weighted by molar-refractivity contribution is 5.88. The van der Waals surface area contributed by atoms with Crippen molar-refractivity contribution in [3.05, 3.63) is 29.8 Å². The van der Waals surface area contributed by atoms with Crippen LogP contribution < -0.4 is 26.6 Å². The number of ether oxygens (including phenoxy) is 1. The van der Waals surface area contributed by atoms with Crippen molar-refractivity contribution in [2.24, 2.45) is 5.73 Å². The number of amides is 4. The molecule has 0 aliphatic heterocycles. The third-order valence-corrected chi connectivity index (χ3v) is 2.60. The lowest BCUT2D eigenvalue weighted by Gasteiger charge is -2.13. The first-order valence-corrected chi connectivity index (χ1v) is 6.20. The van der Waals surface area contributed by atoms with Gasteiger partial charge in [-0.3, -0.25) is 20.4 Å². The Hall–Kier alpha value is -2.77. The minimum atomic E-state index is -0.844. The zero-order chi connectivity index (χ0) is 15.8. The molecule has 1 rings (SSSR count). The van der Waals surface area contributed by atoms with Gasteiger partial charge in [-0.2, -0.15) is 0 Å². The monoisotopic (exact) mass is 294 g/mol. The van der Waals surface area contributed by atoms with E-state index >= 15 is 0 Å². The van der Waals surface area contributed by atoms with Crippen LogP contribution in [0.25, 0.3) is 0 Å². The minimum absolute atomic E-state index is 0.0991. The Morgan fingerprint density at radius 3 is 2.33 bits per heavy atom. The van der Waals surface area contributed by atoms with E-state index in [9.17, 15) is 14.4 Å². The standard InChI is InChI=1S/C13H18N4O4/c1-8(15-13(14)20)12(19)17-16-11(18)7-9-3-5-10(21-2)6-4-9/h3-6,8H,7H2,1-2H3,(H,16,18)(H,17,19)(H3,14,15,20). The van der Waals surface area contributed by atoms with E-state index in [0.29, 0.717) is 5.75 Å². The summed E-state index contributed by atoms with van der Waals surface area (Å²) in [5.41, 5.74) is 10.1. The molecule has 1 atom stereocenters. The van der Waals surface area contributed by atoms with Gasteiger partial charge in [-0.05, 0) is 24.6 Å². The lowest BCUT2D eigenvalue weighted by molar-refractivity contribution is -0.129. The number of benzene rings is 1. The summed E-state index contributed by atoms with van der Waals surface area (Å²) < 4.78 is 5.01. The summed E-state index contributed by atoms with van der Waals surface area (Å²) in [5, 5.41) is 2.19. The molecular formula is C13H18N4O4. The summed E-state index contributed by atoms with van der Waals surface area (Å²) in [6.45, 7) is 1.44. The summed E-state index contributed by atoms with van der Waals surface area (Å²) in [5.74, 6) is -0.268. The summed E-state index contributed by atoms with van der Waals surface area (Å²) in [4.78, 5) is 33.7. The van der Waals surface area contributed by atoms with Crippen LogP contribution >= 0.6 is 0 Å². The number of hydrazine groups is 1. The second-order valence-corrected chi connectivity index (χ2v) is 4.29. The average molecular weight is 294 g/mol. The highest BCUT2D eigenvalue weighted by Crippen LogP contribution is 2.11. The van der Waals surface area contributed by atoms with Gasteiger partial charge in [0.2, 0.25) is 5.91 Å². The Morgan fingerprint density at radius 1 is 1.19 bits per heavy atom. The summed E-state index contributed by atoms with van der Waals surface area (Å²) >= 11 is 0. The maximum atomic E-state index is 11.6. The molecule has 5 N–H and O–H groups in total. The number of hydrogen-bond donors (Lipinski definition) is 4. The first kappa shape index (κ1) is 16.3. The highest BCUT2D eigenvalue weighted by atomic mass is 16.5. The van der Waals surface area contributed by atoms with Gasteiger partial charge in [0, 0.05) is 0 Å². The third kappa shape index (κ3) is 5.81. The van der Waals surface area contributed by atoms with Crippen molar-refractivity contribution in [2.45, 2.75) is 19.4 Å². The largest absolute Gasteiger partial charge is 0.497 e. The van der Waals surface area contributed by atoms with Gasteiger partial charge < -0.3 is 15.8 Å². The number of carbonyl (C=O) groups excluding carboxylic acids is 3. The molecule has 0 heterocycles. The molecule has 1 unspecified atom stereocenters. The molecule has 0 aliphatic rings. The van der Waals surface area contributed by atoms with Gasteiger partial charge in [0.1, 0.15) is 11.8 Å². The molecule has 0 radical (unpaired) electrons. The predicted molar refractivity (Wildman–Crippen MR) is 75.2 cm³/mol. The molecule has 114 valence electrons. The van der Waals surface area contributed by atoms with E-state index in [1.807, 2.05) is 0 Å². The molecular weight excluding hydrogens is 276 g/mol. The molecule has 0 saturated heterocycles. The van der Waals surface area contributed by atoms with Crippen LogP contribution in [0.3, 0.4) is 0 Å². The molecule has 0 aromatic heterocycles. The van der Waals surface area contributed by atoms with Crippen molar-refractivity contribution in [3.63, 3.8) is 0 Å². The van der Waals surface area contributed by atoms with Gasteiger partial charge in [0.05, 0.1) is 13.5 Å². The molecule has 0 aliphatic carbocycles. The molecule has 0 saturated carbocycles. The first-order valence-electron chi connectivity index (χ1n) is 6.20. The number of methoxy groups -OCH3 is 1. The van der Waals surface area contributed by atoms with Gasteiger partial charge in [-0.1, -0.05) is 12.1 Å². The Labute approximate surface area is 122 Å². The summed E-state index contributed by atoms with van der Waals surface area (Å²) in [6, 6.07) is 5.31. The zero-order valence-corrected chi connectivity index (χ0v) is 11.8. The third-order valence-electron chi connectivity index (χ3n) is 2.60. The quantitative estimate of drug-likeness (QED) is 0.544. The number of nitrogens with two attached hydrogens (primary N) is 1. The fraction of sp³-hybridized carbons (Fsp3) is 0.308. The van der Waals surface area contributed by atoms with Gasteiger partial charge in [0.15, 0.2) is 0 Å². The van der Waals surface area contributed by atoms with E-state index in [1.165, 1.54) is 6.92 Å². The molecule has 0 spiro atoms. The lowest BCUT2D eigenvalue weighted by atomic mass is 10.1. The Bertz CT molecular complexity index is 515. The Kier molecular flexibility index (Phi) is 5.99. The molecule has 4 amide bonds. The van der Waals surface area contributed by atoms with Crippen molar-refractivity contribution < 1.29 is 19.1 Å². The Morgan fingerprint density at radius 2 is 1.81 bits per heavy atom. The van der Waals surface area contributed by atoms with Gasteiger partial charge in [-0.25, -0.2) is 4.79 Å². The van der Waals surface area contributed by atoms with Crippen molar-refractivity contribution in [2.75, 3.05) is 7.11 Å². The highest BCUT2D eigenvalue weighted by Gasteiger charge is 2.14. The molecule has 0 fully saturated rings. The Balaban J connectivity index is 2.39. The van der Waals surface area contributed by atoms with Gasteiger partial charge in [0.25, 0.3) is 5.91 Å². The molecule has 8 heteroatoms. The molecule has 0 bridgehead atoms.